The highest BCUT2D eigenvalue weighted by Gasteiger charge is 2.17. The van der Waals surface area contributed by atoms with Crippen molar-refractivity contribution < 1.29 is 9.47 Å². The number of fused-ring (bicyclic) bond motifs is 5. The SMILES string of the molecule is COc1ccc(CCn2c(=O)c3ccccc3c3nc4ccc(NCCN5CCOCC5)cn4c32)cc1. The van der Waals surface area contributed by atoms with Crippen molar-refractivity contribution in [2.24, 2.45) is 0 Å². The van der Waals surface area contributed by atoms with E-state index in [0.29, 0.717) is 11.9 Å². The van der Waals surface area contributed by atoms with Gasteiger partial charge in [0, 0.05) is 49.7 Å². The Morgan fingerprint density at radius 3 is 2.54 bits per heavy atom. The van der Waals surface area contributed by atoms with Crippen LogP contribution in [0.4, 0.5) is 5.69 Å². The fourth-order valence-electron chi connectivity index (χ4n) is 5.12. The van der Waals surface area contributed by atoms with Gasteiger partial charge in [-0.3, -0.25) is 18.7 Å². The number of hydrogen-bond acceptors (Lipinski definition) is 6. The van der Waals surface area contributed by atoms with Crippen molar-refractivity contribution in [2.75, 3.05) is 51.8 Å². The van der Waals surface area contributed by atoms with Crippen molar-refractivity contribution in [1.29, 1.82) is 0 Å². The van der Waals surface area contributed by atoms with Crippen LogP contribution in [0.1, 0.15) is 5.56 Å². The Bertz CT molecular complexity index is 1600. The van der Waals surface area contributed by atoms with Gasteiger partial charge in [0.05, 0.1) is 26.0 Å². The molecule has 190 valence electrons. The monoisotopic (exact) mass is 497 g/mol. The highest BCUT2D eigenvalue weighted by Crippen LogP contribution is 2.25. The number of ether oxygens (including phenoxy) is 2. The summed E-state index contributed by atoms with van der Waals surface area (Å²) in [5.41, 5.74) is 4.64. The van der Waals surface area contributed by atoms with Gasteiger partial charge >= 0.3 is 0 Å². The van der Waals surface area contributed by atoms with E-state index in [1.165, 1.54) is 0 Å². The summed E-state index contributed by atoms with van der Waals surface area (Å²) in [4.78, 5) is 21.1. The lowest BCUT2D eigenvalue weighted by Crippen LogP contribution is -2.39. The molecule has 3 aromatic heterocycles. The van der Waals surface area contributed by atoms with Crippen LogP contribution in [0.15, 0.2) is 71.7 Å². The Kier molecular flexibility index (Phi) is 6.51. The number of imidazole rings is 1. The Morgan fingerprint density at radius 1 is 0.973 bits per heavy atom. The van der Waals surface area contributed by atoms with E-state index in [-0.39, 0.29) is 5.56 Å². The van der Waals surface area contributed by atoms with E-state index in [1.807, 2.05) is 63.6 Å². The fourth-order valence-corrected chi connectivity index (χ4v) is 5.12. The van der Waals surface area contributed by atoms with Gasteiger partial charge in [0.25, 0.3) is 5.56 Å². The first kappa shape index (κ1) is 23.5. The topological polar surface area (TPSA) is 73.0 Å². The van der Waals surface area contributed by atoms with Gasteiger partial charge in [-0.25, -0.2) is 4.98 Å². The summed E-state index contributed by atoms with van der Waals surface area (Å²) in [6.07, 6.45) is 2.78. The first-order chi connectivity index (χ1) is 18.2. The van der Waals surface area contributed by atoms with Gasteiger partial charge in [-0.15, -0.1) is 0 Å². The molecule has 1 N–H and O–H groups in total. The Labute approximate surface area is 215 Å². The summed E-state index contributed by atoms with van der Waals surface area (Å²) >= 11 is 0. The largest absolute Gasteiger partial charge is 0.497 e. The zero-order valence-electron chi connectivity index (χ0n) is 21.0. The molecule has 0 unspecified atom stereocenters. The molecule has 0 saturated carbocycles. The molecule has 0 radical (unpaired) electrons. The van der Waals surface area contributed by atoms with Crippen LogP contribution in [-0.4, -0.2) is 65.4 Å². The molecule has 0 atom stereocenters. The van der Waals surface area contributed by atoms with Crippen molar-refractivity contribution in [2.45, 2.75) is 13.0 Å². The van der Waals surface area contributed by atoms with Gasteiger partial charge < -0.3 is 14.8 Å². The second kappa shape index (κ2) is 10.2. The number of anilines is 1. The van der Waals surface area contributed by atoms with Crippen LogP contribution < -0.4 is 15.6 Å². The molecule has 8 nitrogen and oxygen atoms in total. The molecule has 0 amide bonds. The van der Waals surface area contributed by atoms with Crippen LogP contribution in [0.2, 0.25) is 0 Å². The average Bonchev–Trinajstić information content (AvgIpc) is 3.33. The number of benzene rings is 2. The lowest BCUT2D eigenvalue weighted by atomic mass is 10.1. The first-order valence-electron chi connectivity index (χ1n) is 12.8. The van der Waals surface area contributed by atoms with Gasteiger partial charge in [0.1, 0.15) is 22.6 Å². The molecule has 1 aliphatic heterocycles. The number of pyridine rings is 2. The van der Waals surface area contributed by atoms with Crippen LogP contribution in [0.25, 0.3) is 27.6 Å². The average molecular weight is 498 g/mol. The predicted molar refractivity (Wildman–Crippen MR) is 147 cm³/mol. The molecule has 1 fully saturated rings. The van der Waals surface area contributed by atoms with Gasteiger partial charge in [-0.1, -0.05) is 30.3 Å². The van der Waals surface area contributed by atoms with E-state index in [1.54, 1.807) is 7.11 Å². The lowest BCUT2D eigenvalue weighted by Gasteiger charge is -2.26. The zero-order chi connectivity index (χ0) is 25.2. The van der Waals surface area contributed by atoms with Crippen molar-refractivity contribution in [3.8, 4) is 5.75 Å². The Hall–Kier alpha value is -3.88. The number of rotatable bonds is 8. The van der Waals surface area contributed by atoms with E-state index in [9.17, 15) is 4.79 Å². The first-order valence-corrected chi connectivity index (χ1v) is 12.8. The van der Waals surface area contributed by atoms with Crippen LogP contribution >= 0.6 is 0 Å². The quantitative estimate of drug-likeness (QED) is 0.352. The van der Waals surface area contributed by atoms with Crippen molar-refractivity contribution in [3.05, 3.63) is 82.8 Å². The standard InChI is InChI=1S/C29H31N5O3/c1-36-23-9-6-21(7-10-23)12-14-33-28-27(24-4-2-3-5-25(24)29(33)35)31-26-11-8-22(20-34(26)28)30-13-15-32-16-18-37-19-17-32/h2-11,20,30H,12-19H2,1H3. The minimum absolute atomic E-state index is 0.00379. The summed E-state index contributed by atoms with van der Waals surface area (Å²) in [5.74, 6) is 0.824. The van der Waals surface area contributed by atoms with E-state index in [2.05, 4.69) is 22.5 Å². The van der Waals surface area contributed by atoms with Crippen LogP contribution in [0.3, 0.4) is 0 Å². The molecule has 6 rings (SSSR count). The Balaban J connectivity index is 1.37. The van der Waals surface area contributed by atoms with E-state index in [0.717, 1.165) is 85.0 Å². The molecule has 1 saturated heterocycles. The highest BCUT2D eigenvalue weighted by molar-refractivity contribution is 6.03. The highest BCUT2D eigenvalue weighted by atomic mass is 16.5. The number of nitrogens with zero attached hydrogens (tertiary/aromatic N) is 4. The molecular formula is C29H31N5O3. The number of hydrogen-bond donors (Lipinski definition) is 1. The van der Waals surface area contributed by atoms with Gasteiger partial charge in [-0.05, 0) is 42.3 Å². The number of aromatic nitrogens is 3. The van der Waals surface area contributed by atoms with E-state index >= 15 is 0 Å². The third-order valence-corrected chi connectivity index (χ3v) is 7.15. The lowest BCUT2D eigenvalue weighted by molar-refractivity contribution is 0.0398. The summed E-state index contributed by atoms with van der Waals surface area (Å²) in [7, 11) is 1.66. The number of nitrogens with one attached hydrogen (secondary N) is 1. The number of aryl methyl sites for hydroxylation is 2. The summed E-state index contributed by atoms with van der Waals surface area (Å²) < 4.78 is 14.7. The van der Waals surface area contributed by atoms with Crippen LogP contribution in [0, 0.1) is 0 Å². The Morgan fingerprint density at radius 2 is 1.76 bits per heavy atom. The van der Waals surface area contributed by atoms with Gasteiger partial charge in [0.15, 0.2) is 0 Å². The maximum atomic E-state index is 13.7. The maximum Gasteiger partial charge on any atom is 0.260 e. The maximum absolute atomic E-state index is 13.7. The van der Waals surface area contributed by atoms with E-state index < -0.39 is 0 Å². The van der Waals surface area contributed by atoms with E-state index in [4.69, 9.17) is 14.5 Å². The second-order valence-corrected chi connectivity index (χ2v) is 9.41. The normalized spacial score (nSPS) is 14.5. The second-order valence-electron chi connectivity index (χ2n) is 9.41. The molecule has 37 heavy (non-hydrogen) atoms. The molecule has 4 heterocycles. The van der Waals surface area contributed by atoms with Gasteiger partial charge in [-0.2, -0.15) is 0 Å². The molecular weight excluding hydrogens is 466 g/mol. The predicted octanol–water partition coefficient (Wildman–Crippen LogP) is 3.80. The summed E-state index contributed by atoms with van der Waals surface area (Å²) in [6.45, 7) is 5.90. The third-order valence-electron chi connectivity index (χ3n) is 7.15. The fraction of sp³-hybridized carbons (Fsp3) is 0.310. The van der Waals surface area contributed by atoms with Crippen LogP contribution in [-0.2, 0) is 17.7 Å². The molecule has 0 bridgehead atoms. The van der Waals surface area contributed by atoms with Crippen molar-refractivity contribution in [1.82, 2.24) is 18.9 Å². The number of methoxy groups -OCH3 is 1. The van der Waals surface area contributed by atoms with Gasteiger partial charge in [0.2, 0.25) is 0 Å². The van der Waals surface area contributed by atoms with Crippen LogP contribution in [0.5, 0.6) is 5.75 Å². The van der Waals surface area contributed by atoms with Crippen molar-refractivity contribution in [3.63, 3.8) is 0 Å². The molecule has 0 spiro atoms. The summed E-state index contributed by atoms with van der Waals surface area (Å²) in [6, 6.07) is 19.8. The summed E-state index contributed by atoms with van der Waals surface area (Å²) in [5, 5.41) is 5.12. The minimum Gasteiger partial charge on any atom is -0.497 e. The zero-order valence-corrected chi connectivity index (χ0v) is 21.0. The molecule has 0 aliphatic carbocycles. The molecule has 5 aromatic rings. The molecule has 8 heteroatoms. The minimum atomic E-state index is 0.00379. The molecule has 1 aliphatic rings. The smallest absolute Gasteiger partial charge is 0.260 e. The number of morpholine rings is 1. The van der Waals surface area contributed by atoms with Crippen molar-refractivity contribution >= 4 is 33.3 Å². The molecule has 2 aromatic carbocycles. The third kappa shape index (κ3) is 4.65.